The zero-order chi connectivity index (χ0) is 15.2. The largest absolute Gasteiger partial charge is 0.340 e. The highest BCUT2D eigenvalue weighted by Gasteiger charge is 2.28. The fourth-order valence-corrected chi connectivity index (χ4v) is 3.56. The predicted molar refractivity (Wildman–Crippen MR) is 86.4 cm³/mol. The van der Waals surface area contributed by atoms with Crippen molar-refractivity contribution in [1.82, 2.24) is 20.0 Å². The number of nitrogens with zero attached hydrogens (tertiary/aromatic N) is 3. The first-order chi connectivity index (χ1) is 10.1. The van der Waals surface area contributed by atoms with Crippen molar-refractivity contribution >= 4 is 5.91 Å². The van der Waals surface area contributed by atoms with E-state index < -0.39 is 0 Å². The molecule has 2 unspecified atom stereocenters. The lowest BCUT2D eigenvalue weighted by Crippen LogP contribution is -2.51. The molecule has 21 heavy (non-hydrogen) atoms. The van der Waals surface area contributed by atoms with Gasteiger partial charge in [-0.2, -0.15) is 0 Å². The van der Waals surface area contributed by atoms with Gasteiger partial charge in [0.1, 0.15) is 0 Å². The van der Waals surface area contributed by atoms with Gasteiger partial charge in [-0.05, 0) is 33.7 Å². The maximum atomic E-state index is 12.0. The first-order valence-electron chi connectivity index (χ1n) is 8.52. The minimum atomic E-state index is 0.297. The third kappa shape index (κ3) is 4.66. The van der Waals surface area contributed by atoms with Crippen LogP contribution in [0.5, 0.6) is 0 Å². The van der Waals surface area contributed by atoms with Crippen molar-refractivity contribution in [1.29, 1.82) is 0 Å². The molecule has 0 aromatic heterocycles. The molecule has 2 saturated heterocycles. The van der Waals surface area contributed by atoms with Crippen molar-refractivity contribution in [2.75, 3.05) is 52.9 Å². The van der Waals surface area contributed by atoms with E-state index in [1.165, 1.54) is 19.4 Å². The summed E-state index contributed by atoms with van der Waals surface area (Å²) in [4.78, 5) is 19.2. The van der Waals surface area contributed by atoms with Gasteiger partial charge in [0.2, 0.25) is 5.91 Å². The van der Waals surface area contributed by atoms with Crippen LogP contribution in [0.15, 0.2) is 0 Å². The minimum Gasteiger partial charge on any atom is -0.340 e. The monoisotopic (exact) mass is 296 g/mol. The van der Waals surface area contributed by atoms with Gasteiger partial charge in [-0.1, -0.05) is 0 Å². The topological polar surface area (TPSA) is 38.8 Å². The van der Waals surface area contributed by atoms with Crippen LogP contribution in [-0.4, -0.2) is 85.6 Å². The lowest BCUT2D eigenvalue weighted by molar-refractivity contribution is -0.132. The average Bonchev–Trinajstić information content (AvgIpc) is 2.82. The predicted octanol–water partition coefficient (Wildman–Crippen LogP) is 0.613. The number of hydrogen-bond donors (Lipinski definition) is 1. The third-order valence-corrected chi connectivity index (χ3v) is 5.12. The van der Waals surface area contributed by atoms with Crippen LogP contribution in [-0.2, 0) is 4.79 Å². The molecule has 0 aromatic carbocycles. The molecule has 1 amide bonds. The highest BCUT2D eigenvalue weighted by Crippen LogP contribution is 2.22. The lowest BCUT2D eigenvalue weighted by Gasteiger charge is -2.36. The summed E-state index contributed by atoms with van der Waals surface area (Å²) in [5.74, 6) is 0.297. The molecule has 1 N–H and O–H groups in total. The zero-order valence-electron chi connectivity index (χ0n) is 14.0. The summed E-state index contributed by atoms with van der Waals surface area (Å²) in [6.45, 7) is 11.7. The van der Waals surface area contributed by atoms with Gasteiger partial charge >= 0.3 is 0 Å². The fourth-order valence-electron chi connectivity index (χ4n) is 3.56. The molecule has 2 aliphatic rings. The second kappa shape index (κ2) is 8.11. The van der Waals surface area contributed by atoms with Gasteiger partial charge < -0.3 is 10.2 Å². The second-order valence-electron chi connectivity index (χ2n) is 6.59. The lowest BCUT2D eigenvalue weighted by atomic mass is 10.2. The summed E-state index contributed by atoms with van der Waals surface area (Å²) in [5, 5.41) is 3.04. The average molecular weight is 296 g/mol. The van der Waals surface area contributed by atoms with Gasteiger partial charge in [-0.15, -0.1) is 0 Å². The first-order valence-corrected chi connectivity index (χ1v) is 8.52. The molecule has 5 nitrogen and oxygen atoms in total. The summed E-state index contributed by atoms with van der Waals surface area (Å²) < 4.78 is 0. The van der Waals surface area contributed by atoms with Crippen LogP contribution in [0.4, 0.5) is 0 Å². The quantitative estimate of drug-likeness (QED) is 0.780. The van der Waals surface area contributed by atoms with Crippen LogP contribution in [0.1, 0.15) is 33.1 Å². The smallest absolute Gasteiger partial charge is 0.223 e. The Bertz CT molecular complexity index is 318. The van der Waals surface area contributed by atoms with Gasteiger partial charge in [0.15, 0.2) is 0 Å². The summed E-state index contributed by atoms with van der Waals surface area (Å²) >= 11 is 0. The third-order valence-electron chi connectivity index (χ3n) is 5.12. The van der Waals surface area contributed by atoms with E-state index in [1.807, 2.05) is 11.9 Å². The van der Waals surface area contributed by atoms with Crippen LogP contribution >= 0.6 is 0 Å². The molecular weight excluding hydrogens is 264 g/mol. The molecular formula is C16H32N4O. The van der Waals surface area contributed by atoms with Crippen LogP contribution in [0.3, 0.4) is 0 Å². The van der Waals surface area contributed by atoms with E-state index in [1.54, 1.807) is 0 Å². The Morgan fingerprint density at radius 2 is 1.67 bits per heavy atom. The molecule has 0 aliphatic carbocycles. The molecule has 0 bridgehead atoms. The minimum absolute atomic E-state index is 0.297. The SMILES string of the molecule is CNCCC(=O)N1CCN(CCN2C(C)CCC2C)CC1. The molecule has 0 aromatic rings. The Morgan fingerprint density at radius 1 is 1.05 bits per heavy atom. The van der Waals surface area contributed by atoms with E-state index >= 15 is 0 Å². The Morgan fingerprint density at radius 3 is 2.24 bits per heavy atom. The van der Waals surface area contributed by atoms with E-state index in [9.17, 15) is 4.79 Å². The van der Waals surface area contributed by atoms with Crippen LogP contribution < -0.4 is 5.32 Å². The van der Waals surface area contributed by atoms with Crippen molar-refractivity contribution in [2.45, 2.75) is 45.2 Å². The summed E-state index contributed by atoms with van der Waals surface area (Å²) in [6, 6.07) is 1.48. The highest BCUT2D eigenvalue weighted by molar-refractivity contribution is 5.76. The van der Waals surface area contributed by atoms with Gasteiger partial charge in [0.25, 0.3) is 0 Å². The Hall–Kier alpha value is -0.650. The number of carbonyl (C=O) groups is 1. The molecule has 0 saturated carbocycles. The van der Waals surface area contributed by atoms with Crippen molar-refractivity contribution in [2.24, 2.45) is 0 Å². The van der Waals surface area contributed by atoms with Gasteiger partial charge in [0, 0.05) is 64.3 Å². The number of likely N-dealkylation sites (tertiary alicyclic amines) is 1. The van der Waals surface area contributed by atoms with E-state index in [0.717, 1.165) is 51.4 Å². The second-order valence-corrected chi connectivity index (χ2v) is 6.59. The maximum absolute atomic E-state index is 12.0. The van der Waals surface area contributed by atoms with Crippen molar-refractivity contribution < 1.29 is 4.79 Å². The number of piperazine rings is 1. The van der Waals surface area contributed by atoms with Crippen LogP contribution in [0.25, 0.3) is 0 Å². The summed E-state index contributed by atoms with van der Waals surface area (Å²) in [7, 11) is 1.89. The molecule has 122 valence electrons. The van der Waals surface area contributed by atoms with E-state index in [-0.39, 0.29) is 0 Å². The normalized spacial score (nSPS) is 28.2. The van der Waals surface area contributed by atoms with E-state index in [0.29, 0.717) is 12.3 Å². The molecule has 2 fully saturated rings. The number of rotatable bonds is 6. The number of carbonyl (C=O) groups excluding carboxylic acids is 1. The molecule has 0 radical (unpaired) electrons. The van der Waals surface area contributed by atoms with Gasteiger partial charge in [0.05, 0.1) is 0 Å². The zero-order valence-corrected chi connectivity index (χ0v) is 14.0. The Labute approximate surface area is 129 Å². The van der Waals surface area contributed by atoms with Gasteiger partial charge in [-0.25, -0.2) is 0 Å². The van der Waals surface area contributed by atoms with Crippen molar-refractivity contribution in [3.8, 4) is 0 Å². The highest BCUT2D eigenvalue weighted by atomic mass is 16.2. The van der Waals surface area contributed by atoms with Crippen LogP contribution in [0, 0.1) is 0 Å². The van der Waals surface area contributed by atoms with Crippen molar-refractivity contribution in [3.63, 3.8) is 0 Å². The maximum Gasteiger partial charge on any atom is 0.223 e. The fraction of sp³-hybridized carbons (Fsp3) is 0.938. The van der Waals surface area contributed by atoms with Gasteiger partial charge in [-0.3, -0.25) is 14.6 Å². The summed E-state index contributed by atoms with van der Waals surface area (Å²) in [6.07, 6.45) is 3.31. The molecule has 2 rings (SSSR count). The molecule has 2 atom stereocenters. The number of nitrogens with one attached hydrogen (secondary N) is 1. The number of hydrogen-bond acceptors (Lipinski definition) is 4. The molecule has 5 heteroatoms. The molecule has 2 heterocycles. The van der Waals surface area contributed by atoms with Crippen LogP contribution in [0.2, 0.25) is 0 Å². The first kappa shape index (κ1) is 16.7. The molecule has 2 aliphatic heterocycles. The molecule has 0 spiro atoms. The summed E-state index contributed by atoms with van der Waals surface area (Å²) in [5.41, 5.74) is 0. The standard InChI is InChI=1S/C16H32N4O/c1-14-4-5-15(2)20(14)13-10-18-8-11-19(12-9-18)16(21)6-7-17-3/h14-15,17H,4-13H2,1-3H3. The number of amides is 1. The van der Waals surface area contributed by atoms with Crippen molar-refractivity contribution in [3.05, 3.63) is 0 Å². The Kier molecular flexibility index (Phi) is 6.45. The van der Waals surface area contributed by atoms with E-state index in [2.05, 4.69) is 29.0 Å². The van der Waals surface area contributed by atoms with E-state index in [4.69, 9.17) is 0 Å². The Balaban J connectivity index is 1.66.